The molecule has 2 aromatic carbocycles. The molecule has 5 heteroatoms. The van der Waals surface area contributed by atoms with Gasteiger partial charge in [0.2, 0.25) is 5.91 Å². The van der Waals surface area contributed by atoms with Crippen molar-refractivity contribution in [2.45, 2.75) is 19.1 Å². The molecule has 1 heterocycles. The van der Waals surface area contributed by atoms with Gasteiger partial charge in [0.25, 0.3) is 0 Å². The standard InChI is InChI=1S/C17H17FN2O2/c18-15-4-2-1-3-12(15)11-22-14-7-5-13(6-8-14)20-10-9-16(19)17(20)21/h1-8,16H,9-11,19H2. The van der Waals surface area contributed by atoms with Gasteiger partial charge in [-0.05, 0) is 36.8 Å². The van der Waals surface area contributed by atoms with Crippen LogP contribution >= 0.6 is 0 Å². The molecule has 1 saturated heterocycles. The Balaban J connectivity index is 1.65. The molecule has 2 N–H and O–H groups in total. The molecule has 0 saturated carbocycles. The maximum Gasteiger partial charge on any atom is 0.243 e. The average molecular weight is 300 g/mol. The number of ether oxygens (including phenoxy) is 1. The maximum atomic E-state index is 13.5. The predicted octanol–water partition coefficient (Wildman–Crippen LogP) is 2.47. The lowest BCUT2D eigenvalue weighted by molar-refractivity contribution is -0.118. The van der Waals surface area contributed by atoms with Crippen LogP contribution in [0.4, 0.5) is 10.1 Å². The Morgan fingerprint density at radius 1 is 1.18 bits per heavy atom. The second kappa shape index (κ2) is 6.15. The summed E-state index contributed by atoms with van der Waals surface area (Å²) in [6.45, 7) is 0.801. The lowest BCUT2D eigenvalue weighted by Crippen LogP contribution is -2.33. The van der Waals surface area contributed by atoms with Gasteiger partial charge in [0.05, 0.1) is 6.04 Å². The molecule has 2 aromatic rings. The molecule has 0 aliphatic carbocycles. The van der Waals surface area contributed by atoms with E-state index in [9.17, 15) is 9.18 Å². The van der Waals surface area contributed by atoms with Crippen molar-refractivity contribution in [2.75, 3.05) is 11.4 Å². The summed E-state index contributed by atoms with van der Waals surface area (Å²) in [4.78, 5) is 13.5. The molecule has 1 atom stereocenters. The van der Waals surface area contributed by atoms with Gasteiger partial charge in [-0.1, -0.05) is 18.2 Å². The molecular weight excluding hydrogens is 283 g/mol. The lowest BCUT2D eigenvalue weighted by Gasteiger charge is -2.16. The highest BCUT2D eigenvalue weighted by atomic mass is 19.1. The number of anilines is 1. The molecule has 3 rings (SSSR count). The zero-order valence-corrected chi connectivity index (χ0v) is 12.0. The van der Waals surface area contributed by atoms with Crippen molar-refractivity contribution < 1.29 is 13.9 Å². The fraction of sp³-hybridized carbons (Fsp3) is 0.235. The minimum atomic E-state index is -0.406. The molecule has 22 heavy (non-hydrogen) atoms. The highest BCUT2D eigenvalue weighted by molar-refractivity contribution is 5.99. The molecule has 1 aliphatic rings. The highest BCUT2D eigenvalue weighted by Gasteiger charge is 2.29. The molecule has 114 valence electrons. The smallest absolute Gasteiger partial charge is 0.243 e. The van der Waals surface area contributed by atoms with Crippen LogP contribution in [0.3, 0.4) is 0 Å². The number of nitrogens with zero attached hydrogens (tertiary/aromatic N) is 1. The van der Waals surface area contributed by atoms with Gasteiger partial charge in [-0.15, -0.1) is 0 Å². The van der Waals surface area contributed by atoms with Crippen LogP contribution in [0.1, 0.15) is 12.0 Å². The Morgan fingerprint density at radius 3 is 2.55 bits per heavy atom. The molecule has 0 spiro atoms. The molecule has 0 bridgehead atoms. The van der Waals surface area contributed by atoms with E-state index < -0.39 is 6.04 Å². The third kappa shape index (κ3) is 2.94. The first kappa shape index (κ1) is 14.5. The van der Waals surface area contributed by atoms with E-state index in [0.717, 1.165) is 5.69 Å². The minimum absolute atomic E-state index is 0.0555. The first-order valence-electron chi connectivity index (χ1n) is 7.18. The maximum absolute atomic E-state index is 13.5. The monoisotopic (exact) mass is 300 g/mol. The van der Waals surface area contributed by atoms with Gasteiger partial charge < -0.3 is 15.4 Å². The molecular formula is C17H17FN2O2. The summed E-state index contributed by atoms with van der Waals surface area (Å²) in [6, 6.07) is 13.3. The van der Waals surface area contributed by atoms with E-state index in [-0.39, 0.29) is 18.3 Å². The molecule has 1 fully saturated rings. The van der Waals surface area contributed by atoms with Gasteiger partial charge >= 0.3 is 0 Å². The number of carbonyl (C=O) groups is 1. The molecule has 0 radical (unpaired) electrons. The Hall–Kier alpha value is -2.40. The summed E-state index contributed by atoms with van der Waals surface area (Å²) >= 11 is 0. The van der Waals surface area contributed by atoms with E-state index in [4.69, 9.17) is 10.5 Å². The molecule has 4 nitrogen and oxygen atoms in total. The summed E-state index contributed by atoms with van der Waals surface area (Å²) < 4.78 is 19.1. The number of halogens is 1. The van der Waals surface area contributed by atoms with Crippen molar-refractivity contribution in [1.29, 1.82) is 0 Å². The normalized spacial score (nSPS) is 17.8. The number of benzene rings is 2. The third-order valence-electron chi connectivity index (χ3n) is 3.75. The Labute approximate surface area is 128 Å². The zero-order chi connectivity index (χ0) is 15.5. The summed E-state index contributed by atoms with van der Waals surface area (Å²) in [7, 11) is 0. The van der Waals surface area contributed by atoms with Crippen LogP contribution in [0, 0.1) is 5.82 Å². The van der Waals surface area contributed by atoms with Crippen molar-refractivity contribution in [2.24, 2.45) is 5.73 Å². The van der Waals surface area contributed by atoms with Crippen LogP contribution in [0.25, 0.3) is 0 Å². The Kier molecular flexibility index (Phi) is 4.06. The zero-order valence-electron chi connectivity index (χ0n) is 12.0. The Bertz CT molecular complexity index is 673. The van der Waals surface area contributed by atoms with Crippen molar-refractivity contribution in [3.63, 3.8) is 0 Å². The number of carbonyl (C=O) groups excluding carboxylic acids is 1. The summed E-state index contributed by atoms with van der Waals surface area (Å²) in [5.74, 6) is 0.291. The fourth-order valence-corrected chi connectivity index (χ4v) is 2.46. The van der Waals surface area contributed by atoms with Gasteiger partial charge in [-0.25, -0.2) is 4.39 Å². The quantitative estimate of drug-likeness (QED) is 0.943. The SMILES string of the molecule is NC1CCN(c2ccc(OCc3ccccc3F)cc2)C1=O. The summed E-state index contributed by atoms with van der Waals surface area (Å²) in [6.07, 6.45) is 0.671. The van der Waals surface area contributed by atoms with Crippen LogP contribution in [0.2, 0.25) is 0 Å². The van der Waals surface area contributed by atoms with Gasteiger partial charge in [0.1, 0.15) is 18.2 Å². The van der Waals surface area contributed by atoms with Gasteiger partial charge in [-0.3, -0.25) is 4.79 Å². The molecule has 1 amide bonds. The number of amides is 1. The Morgan fingerprint density at radius 2 is 1.91 bits per heavy atom. The van der Waals surface area contributed by atoms with E-state index in [0.29, 0.717) is 24.3 Å². The van der Waals surface area contributed by atoms with Crippen molar-refractivity contribution >= 4 is 11.6 Å². The van der Waals surface area contributed by atoms with Crippen molar-refractivity contribution in [3.8, 4) is 5.75 Å². The van der Waals surface area contributed by atoms with E-state index in [2.05, 4.69) is 0 Å². The van der Waals surface area contributed by atoms with Crippen LogP contribution in [-0.2, 0) is 11.4 Å². The van der Waals surface area contributed by atoms with Gasteiger partial charge in [0.15, 0.2) is 0 Å². The van der Waals surface area contributed by atoms with Crippen LogP contribution in [0.15, 0.2) is 48.5 Å². The second-order valence-electron chi connectivity index (χ2n) is 5.26. The fourth-order valence-electron chi connectivity index (χ4n) is 2.46. The van der Waals surface area contributed by atoms with E-state index in [1.165, 1.54) is 6.07 Å². The predicted molar refractivity (Wildman–Crippen MR) is 82.1 cm³/mol. The van der Waals surface area contributed by atoms with Crippen LogP contribution in [-0.4, -0.2) is 18.5 Å². The largest absolute Gasteiger partial charge is 0.489 e. The average Bonchev–Trinajstić information content (AvgIpc) is 2.87. The summed E-state index contributed by atoms with van der Waals surface area (Å²) in [5, 5.41) is 0. The number of rotatable bonds is 4. The van der Waals surface area contributed by atoms with Crippen LogP contribution < -0.4 is 15.4 Å². The van der Waals surface area contributed by atoms with Crippen LogP contribution in [0.5, 0.6) is 5.75 Å². The minimum Gasteiger partial charge on any atom is -0.489 e. The first-order chi connectivity index (χ1) is 10.6. The second-order valence-corrected chi connectivity index (χ2v) is 5.26. The number of hydrogen-bond acceptors (Lipinski definition) is 3. The molecule has 1 aliphatic heterocycles. The third-order valence-corrected chi connectivity index (χ3v) is 3.75. The molecule has 0 aromatic heterocycles. The van der Waals surface area contributed by atoms with Crippen molar-refractivity contribution in [3.05, 3.63) is 59.9 Å². The molecule has 1 unspecified atom stereocenters. The van der Waals surface area contributed by atoms with Crippen molar-refractivity contribution in [1.82, 2.24) is 0 Å². The van der Waals surface area contributed by atoms with E-state index >= 15 is 0 Å². The number of hydrogen-bond donors (Lipinski definition) is 1. The number of nitrogens with two attached hydrogens (primary N) is 1. The first-order valence-corrected chi connectivity index (χ1v) is 7.18. The van der Waals surface area contributed by atoms with E-state index in [1.807, 2.05) is 12.1 Å². The summed E-state index contributed by atoms with van der Waals surface area (Å²) in [5.41, 5.74) is 7.02. The highest BCUT2D eigenvalue weighted by Crippen LogP contribution is 2.24. The van der Waals surface area contributed by atoms with E-state index in [1.54, 1.807) is 35.2 Å². The lowest BCUT2D eigenvalue weighted by atomic mass is 10.2. The topological polar surface area (TPSA) is 55.6 Å². The van der Waals surface area contributed by atoms with Gasteiger partial charge in [-0.2, -0.15) is 0 Å². The van der Waals surface area contributed by atoms with Gasteiger partial charge in [0, 0.05) is 17.8 Å².